The molecule has 1 saturated heterocycles. The maximum atomic E-state index is 11.5. The zero-order valence-corrected chi connectivity index (χ0v) is 9.29. The lowest BCUT2D eigenvalue weighted by Crippen LogP contribution is -2.49. The number of rotatable bonds is 3. The summed E-state index contributed by atoms with van der Waals surface area (Å²) in [7, 11) is 1.68. The summed E-state index contributed by atoms with van der Waals surface area (Å²) in [4.78, 5) is 13.7. The molecule has 1 amide bonds. The molecule has 1 heterocycles. The summed E-state index contributed by atoms with van der Waals surface area (Å²) < 4.78 is 0. The van der Waals surface area contributed by atoms with Crippen LogP contribution in [0.1, 0.15) is 20.3 Å². The Kier molecular flexibility index (Phi) is 3.89. The van der Waals surface area contributed by atoms with Crippen LogP contribution in [0.15, 0.2) is 0 Å². The Balaban J connectivity index is 2.63. The Bertz CT molecular complexity index is 208. The van der Waals surface area contributed by atoms with Gasteiger partial charge in [0, 0.05) is 19.6 Å². The van der Waals surface area contributed by atoms with Crippen molar-refractivity contribution in [2.45, 2.75) is 32.4 Å². The van der Waals surface area contributed by atoms with E-state index in [1.165, 1.54) is 0 Å². The lowest BCUT2D eigenvalue weighted by Gasteiger charge is -2.30. The fraction of sp³-hybridized carbons (Fsp3) is 0.900. The molecule has 82 valence electrons. The minimum Gasteiger partial charge on any atom is -0.358 e. The number of likely N-dealkylation sites (tertiary alicyclic amines) is 1. The highest BCUT2D eigenvalue weighted by atomic mass is 16.2. The van der Waals surface area contributed by atoms with Gasteiger partial charge in [0.1, 0.15) is 0 Å². The van der Waals surface area contributed by atoms with Crippen molar-refractivity contribution in [2.24, 2.45) is 11.7 Å². The van der Waals surface area contributed by atoms with Gasteiger partial charge in [-0.3, -0.25) is 9.69 Å². The Labute approximate surface area is 85.8 Å². The first-order valence-corrected chi connectivity index (χ1v) is 5.29. The minimum atomic E-state index is -0.0569. The second-order valence-corrected chi connectivity index (χ2v) is 4.10. The molecule has 0 radical (unpaired) electrons. The zero-order valence-electron chi connectivity index (χ0n) is 9.29. The third-order valence-electron chi connectivity index (χ3n) is 3.29. The number of amides is 1. The van der Waals surface area contributed by atoms with Gasteiger partial charge in [-0.25, -0.2) is 0 Å². The molecule has 4 heteroatoms. The summed E-state index contributed by atoms with van der Waals surface area (Å²) in [5.41, 5.74) is 5.72. The largest absolute Gasteiger partial charge is 0.358 e. The van der Waals surface area contributed by atoms with E-state index >= 15 is 0 Å². The molecule has 4 nitrogen and oxygen atoms in total. The molecule has 0 spiro atoms. The van der Waals surface area contributed by atoms with E-state index in [0.717, 1.165) is 13.0 Å². The van der Waals surface area contributed by atoms with Crippen LogP contribution in [0.2, 0.25) is 0 Å². The van der Waals surface area contributed by atoms with Gasteiger partial charge in [-0.1, -0.05) is 6.92 Å². The van der Waals surface area contributed by atoms with Gasteiger partial charge in [0.15, 0.2) is 0 Å². The van der Waals surface area contributed by atoms with E-state index in [9.17, 15) is 4.79 Å². The monoisotopic (exact) mass is 199 g/mol. The molecule has 3 atom stereocenters. The van der Waals surface area contributed by atoms with Crippen LogP contribution in [-0.4, -0.2) is 43.0 Å². The molecular weight excluding hydrogens is 178 g/mol. The second-order valence-electron chi connectivity index (χ2n) is 4.10. The van der Waals surface area contributed by atoms with Gasteiger partial charge in [0.25, 0.3) is 0 Å². The van der Waals surface area contributed by atoms with Gasteiger partial charge < -0.3 is 11.1 Å². The number of hydrogen-bond acceptors (Lipinski definition) is 3. The number of nitrogens with zero attached hydrogens (tertiary/aromatic N) is 1. The maximum absolute atomic E-state index is 11.5. The van der Waals surface area contributed by atoms with Crippen LogP contribution in [0.5, 0.6) is 0 Å². The SMILES string of the molecule is CNC(=O)C(C)N1CCC(C)C1CN. The number of carbonyl (C=O) groups is 1. The summed E-state index contributed by atoms with van der Waals surface area (Å²) in [6.45, 7) is 5.77. The zero-order chi connectivity index (χ0) is 10.7. The van der Waals surface area contributed by atoms with Crippen LogP contribution in [0, 0.1) is 5.92 Å². The first-order chi connectivity index (χ1) is 6.61. The molecule has 0 aliphatic carbocycles. The van der Waals surface area contributed by atoms with Crippen molar-refractivity contribution in [2.75, 3.05) is 20.1 Å². The fourth-order valence-electron chi connectivity index (χ4n) is 2.25. The van der Waals surface area contributed by atoms with Crippen molar-refractivity contribution >= 4 is 5.91 Å². The van der Waals surface area contributed by atoms with Crippen molar-refractivity contribution in [3.8, 4) is 0 Å². The van der Waals surface area contributed by atoms with E-state index in [4.69, 9.17) is 5.73 Å². The first kappa shape index (κ1) is 11.5. The molecule has 1 rings (SSSR count). The molecule has 0 aromatic rings. The highest BCUT2D eigenvalue weighted by molar-refractivity contribution is 5.81. The van der Waals surface area contributed by atoms with E-state index in [-0.39, 0.29) is 11.9 Å². The van der Waals surface area contributed by atoms with E-state index in [0.29, 0.717) is 18.5 Å². The van der Waals surface area contributed by atoms with Crippen molar-refractivity contribution in [3.05, 3.63) is 0 Å². The van der Waals surface area contributed by atoms with E-state index in [1.54, 1.807) is 7.05 Å². The Morgan fingerprint density at radius 2 is 2.36 bits per heavy atom. The van der Waals surface area contributed by atoms with Crippen molar-refractivity contribution < 1.29 is 4.79 Å². The van der Waals surface area contributed by atoms with Gasteiger partial charge >= 0.3 is 0 Å². The van der Waals surface area contributed by atoms with Crippen molar-refractivity contribution in [1.29, 1.82) is 0 Å². The molecule has 0 aromatic carbocycles. The first-order valence-electron chi connectivity index (χ1n) is 5.29. The lowest BCUT2D eigenvalue weighted by molar-refractivity contribution is -0.125. The third-order valence-corrected chi connectivity index (χ3v) is 3.29. The van der Waals surface area contributed by atoms with Crippen LogP contribution in [-0.2, 0) is 4.79 Å². The van der Waals surface area contributed by atoms with E-state index < -0.39 is 0 Å². The lowest BCUT2D eigenvalue weighted by atomic mass is 10.0. The van der Waals surface area contributed by atoms with Gasteiger partial charge in [0.05, 0.1) is 6.04 Å². The Morgan fingerprint density at radius 3 is 2.86 bits per heavy atom. The van der Waals surface area contributed by atoms with Gasteiger partial charge in [-0.05, 0) is 25.8 Å². The predicted molar refractivity (Wildman–Crippen MR) is 56.9 cm³/mol. The molecule has 14 heavy (non-hydrogen) atoms. The molecule has 3 unspecified atom stereocenters. The normalized spacial score (nSPS) is 30.3. The molecule has 1 fully saturated rings. The fourth-order valence-corrected chi connectivity index (χ4v) is 2.25. The Hall–Kier alpha value is -0.610. The quantitative estimate of drug-likeness (QED) is 0.661. The number of nitrogens with one attached hydrogen (secondary N) is 1. The number of likely N-dealkylation sites (N-methyl/N-ethyl adjacent to an activating group) is 1. The molecule has 0 bridgehead atoms. The summed E-state index contributed by atoms with van der Waals surface area (Å²) in [5, 5.41) is 2.68. The van der Waals surface area contributed by atoms with Crippen LogP contribution >= 0.6 is 0 Å². The van der Waals surface area contributed by atoms with Crippen LogP contribution < -0.4 is 11.1 Å². The molecule has 0 saturated carbocycles. The summed E-state index contributed by atoms with van der Waals surface area (Å²) >= 11 is 0. The topological polar surface area (TPSA) is 58.4 Å². The standard InChI is InChI=1S/C10H21N3O/c1-7-4-5-13(9(7)6-11)8(2)10(14)12-3/h7-9H,4-6,11H2,1-3H3,(H,12,14). The molecule has 1 aliphatic rings. The summed E-state index contributed by atoms with van der Waals surface area (Å²) in [6.07, 6.45) is 1.14. The molecular formula is C10H21N3O. The highest BCUT2D eigenvalue weighted by Crippen LogP contribution is 2.24. The number of hydrogen-bond donors (Lipinski definition) is 2. The van der Waals surface area contributed by atoms with Crippen molar-refractivity contribution in [3.63, 3.8) is 0 Å². The smallest absolute Gasteiger partial charge is 0.236 e. The maximum Gasteiger partial charge on any atom is 0.236 e. The minimum absolute atomic E-state index is 0.0569. The summed E-state index contributed by atoms with van der Waals surface area (Å²) in [5.74, 6) is 0.685. The molecule has 3 N–H and O–H groups in total. The molecule has 0 aromatic heterocycles. The summed E-state index contributed by atoms with van der Waals surface area (Å²) in [6, 6.07) is 0.306. The van der Waals surface area contributed by atoms with Gasteiger partial charge in [-0.2, -0.15) is 0 Å². The Morgan fingerprint density at radius 1 is 1.71 bits per heavy atom. The van der Waals surface area contributed by atoms with Gasteiger partial charge in [-0.15, -0.1) is 0 Å². The molecule has 1 aliphatic heterocycles. The van der Waals surface area contributed by atoms with E-state index in [2.05, 4.69) is 17.1 Å². The van der Waals surface area contributed by atoms with Gasteiger partial charge in [0.2, 0.25) is 5.91 Å². The number of nitrogens with two attached hydrogens (primary N) is 1. The van der Waals surface area contributed by atoms with Crippen LogP contribution in [0.4, 0.5) is 0 Å². The van der Waals surface area contributed by atoms with E-state index in [1.807, 2.05) is 6.92 Å². The average molecular weight is 199 g/mol. The van der Waals surface area contributed by atoms with Crippen molar-refractivity contribution in [1.82, 2.24) is 10.2 Å². The average Bonchev–Trinajstić information content (AvgIpc) is 2.57. The number of carbonyl (C=O) groups excluding carboxylic acids is 1. The van der Waals surface area contributed by atoms with Crippen LogP contribution in [0.3, 0.4) is 0 Å². The van der Waals surface area contributed by atoms with Crippen LogP contribution in [0.25, 0.3) is 0 Å². The highest BCUT2D eigenvalue weighted by Gasteiger charge is 2.35. The third kappa shape index (κ3) is 2.07. The predicted octanol–water partition coefficient (Wildman–Crippen LogP) is -0.210. The second kappa shape index (κ2) is 4.75.